The van der Waals surface area contributed by atoms with Crippen LogP contribution in [0.15, 0.2) is 37.0 Å². The fraction of sp³-hybridized carbons (Fsp3) is 0.806. The SMILES string of the molecule is CCCCCCCCCCOCCOCCOCCOC(COC(COC(CO)O/C=C/CO)O/C=C/CO)O/C=C/CO. The lowest BCUT2D eigenvalue weighted by Crippen LogP contribution is -2.32. The number of aliphatic hydroxyl groups is 4. The summed E-state index contributed by atoms with van der Waals surface area (Å²) in [6.07, 6.45) is 15.2. The molecule has 13 heteroatoms. The highest BCUT2D eigenvalue weighted by Gasteiger charge is 2.18. The van der Waals surface area contributed by atoms with Gasteiger partial charge in [-0.3, -0.25) is 0 Å². The third-order valence-electron chi connectivity index (χ3n) is 5.70. The Morgan fingerprint density at radius 3 is 1.36 bits per heavy atom. The Bertz CT molecular complexity index is 648. The zero-order chi connectivity index (χ0) is 32.2. The van der Waals surface area contributed by atoms with Crippen molar-refractivity contribution in [3.05, 3.63) is 37.0 Å². The van der Waals surface area contributed by atoms with Crippen molar-refractivity contribution in [1.29, 1.82) is 0 Å². The van der Waals surface area contributed by atoms with E-state index in [1.807, 2.05) is 0 Å². The molecular formula is C31H58O13. The van der Waals surface area contributed by atoms with Gasteiger partial charge < -0.3 is 63.1 Å². The van der Waals surface area contributed by atoms with Gasteiger partial charge in [-0.25, -0.2) is 0 Å². The molecule has 0 aliphatic carbocycles. The number of aliphatic hydroxyl groups excluding tert-OH is 4. The summed E-state index contributed by atoms with van der Waals surface area (Å²) in [6, 6.07) is 0. The summed E-state index contributed by atoms with van der Waals surface area (Å²) in [5.74, 6) is 0. The maximum absolute atomic E-state index is 9.40. The van der Waals surface area contributed by atoms with Crippen molar-refractivity contribution in [2.75, 3.05) is 85.9 Å². The number of rotatable bonds is 35. The van der Waals surface area contributed by atoms with Crippen molar-refractivity contribution in [3.8, 4) is 0 Å². The monoisotopic (exact) mass is 638 g/mol. The fourth-order valence-corrected chi connectivity index (χ4v) is 3.44. The van der Waals surface area contributed by atoms with Crippen LogP contribution in [-0.2, 0) is 42.6 Å². The van der Waals surface area contributed by atoms with Crippen LogP contribution in [0.3, 0.4) is 0 Å². The molecule has 4 N–H and O–H groups in total. The van der Waals surface area contributed by atoms with E-state index in [1.165, 1.54) is 82.0 Å². The maximum atomic E-state index is 9.40. The van der Waals surface area contributed by atoms with Crippen molar-refractivity contribution in [2.24, 2.45) is 0 Å². The molecule has 0 spiro atoms. The minimum Gasteiger partial charge on any atom is -0.470 e. The van der Waals surface area contributed by atoms with Crippen LogP contribution in [0.2, 0.25) is 0 Å². The van der Waals surface area contributed by atoms with Gasteiger partial charge in [0.05, 0.1) is 78.2 Å². The van der Waals surface area contributed by atoms with Gasteiger partial charge in [0.2, 0.25) is 18.9 Å². The van der Waals surface area contributed by atoms with E-state index in [-0.39, 0.29) is 39.6 Å². The van der Waals surface area contributed by atoms with E-state index < -0.39 is 25.5 Å². The van der Waals surface area contributed by atoms with E-state index in [1.54, 1.807) is 0 Å². The van der Waals surface area contributed by atoms with Gasteiger partial charge in [0.15, 0.2) is 0 Å². The molecule has 0 saturated heterocycles. The Morgan fingerprint density at radius 2 is 0.864 bits per heavy atom. The number of unbranched alkanes of at least 4 members (excludes halogenated alkanes) is 7. The Kier molecular flexibility index (Phi) is 34.3. The summed E-state index contributed by atoms with van der Waals surface area (Å²) in [5, 5.41) is 36.1. The molecule has 0 radical (unpaired) electrons. The van der Waals surface area contributed by atoms with Crippen molar-refractivity contribution < 1.29 is 63.1 Å². The normalized spacial score (nSPS) is 14.1. The first-order chi connectivity index (χ1) is 21.7. The second-order valence-electron chi connectivity index (χ2n) is 9.39. The van der Waals surface area contributed by atoms with E-state index in [0.29, 0.717) is 33.0 Å². The van der Waals surface area contributed by atoms with Gasteiger partial charge in [0.1, 0.15) is 19.8 Å². The lowest BCUT2D eigenvalue weighted by molar-refractivity contribution is -0.227. The van der Waals surface area contributed by atoms with Gasteiger partial charge in [-0.2, -0.15) is 0 Å². The quantitative estimate of drug-likeness (QED) is 0.0456. The second-order valence-corrected chi connectivity index (χ2v) is 9.39. The molecule has 0 aliphatic rings. The van der Waals surface area contributed by atoms with Crippen molar-refractivity contribution >= 4 is 0 Å². The maximum Gasteiger partial charge on any atom is 0.222 e. The number of ether oxygens (including phenoxy) is 9. The molecule has 13 nitrogen and oxygen atoms in total. The minimum atomic E-state index is -1.02. The summed E-state index contributed by atoms with van der Waals surface area (Å²) < 4.78 is 49.6. The highest BCUT2D eigenvalue weighted by molar-refractivity contribution is 4.74. The standard InChI is InChI=1S/C31H58O13/c1-2-3-4-5-6-7-8-9-16-36-20-21-37-22-23-38-24-25-42-30(40-18-11-14-33)27-44-31(41-19-12-15-34)28-43-29(26-35)39-17-10-13-32/h10-12,17-19,29-35H,2-9,13-16,20-28H2,1H3/b17-10+,18-11+,19-12+. The Balaban J connectivity index is 4.18. The molecule has 0 bridgehead atoms. The van der Waals surface area contributed by atoms with Crippen molar-refractivity contribution in [2.45, 2.75) is 77.2 Å². The number of hydrogen-bond acceptors (Lipinski definition) is 13. The molecule has 0 heterocycles. The number of hydrogen-bond donors (Lipinski definition) is 4. The summed E-state index contributed by atoms with van der Waals surface area (Å²) in [4.78, 5) is 0. The average Bonchev–Trinajstić information content (AvgIpc) is 3.03. The predicted molar refractivity (Wildman–Crippen MR) is 163 cm³/mol. The van der Waals surface area contributed by atoms with Crippen LogP contribution >= 0.6 is 0 Å². The van der Waals surface area contributed by atoms with Gasteiger partial charge in [-0.05, 0) is 24.6 Å². The van der Waals surface area contributed by atoms with E-state index in [2.05, 4.69) is 6.92 Å². The summed E-state index contributed by atoms with van der Waals surface area (Å²) in [5.41, 5.74) is 0. The third kappa shape index (κ3) is 30.3. The molecule has 0 rings (SSSR count). The lowest BCUT2D eigenvalue weighted by Gasteiger charge is -2.23. The zero-order valence-electron chi connectivity index (χ0n) is 26.5. The van der Waals surface area contributed by atoms with Gasteiger partial charge in [0.25, 0.3) is 0 Å². The van der Waals surface area contributed by atoms with Crippen LogP contribution in [0.25, 0.3) is 0 Å². The first-order valence-corrected chi connectivity index (χ1v) is 15.6. The molecule has 0 saturated carbocycles. The molecule has 0 aliphatic heterocycles. The Labute approximate surface area is 263 Å². The van der Waals surface area contributed by atoms with Crippen LogP contribution < -0.4 is 0 Å². The molecule has 0 aromatic rings. The molecule has 0 aromatic heterocycles. The van der Waals surface area contributed by atoms with Gasteiger partial charge in [-0.15, -0.1) is 0 Å². The van der Waals surface area contributed by atoms with Gasteiger partial charge in [0, 0.05) is 6.61 Å². The smallest absolute Gasteiger partial charge is 0.222 e. The van der Waals surface area contributed by atoms with Crippen LogP contribution in [0, 0.1) is 0 Å². The highest BCUT2D eigenvalue weighted by Crippen LogP contribution is 2.09. The van der Waals surface area contributed by atoms with Crippen molar-refractivity contribution in [1.82, 2.24) is 0 Å². The van der Waals surface area contributed by atoms with E-state index in [4.69, 9.17) is 58.0 Å². The Hall–Kier alpha value is -1.78. The first kappa shape index (κ1) is 42.2. The average molecular weight is 639 g/mol. The second kappa shape index (κ2) is 35.7. The van der Waals surface area contributed by atoms with Crippen LogP contribution in [0.5, 0.6) is 0 Å². The van der Waals surface area contributed by atoms with E-state index in [0.717, 1.165) is 13.0 Å². The molecule has 0 fully saturated rings. The molecule has 0 aromatic carbocycles. The summed E-state index contributed by atoms with van der Waals surface area (Å²) in [6.45, 7) is 4.08. The molecule has 0 amide bonds. The van der Waals surface area contributed by atoms with E-state index >= 15 is 0 Å². The predicted octanol–water partition coefficient (Wildman–Crippen LogP) is 2.77. The van der Waals surface area contributed by atoms with E-state index in [9.17, 15) is 5.11 Å². The zero-order valence-corrected chi connectivity index (χ0v) is 26.5. The molecule has 3 unspecified atom stereocenters. The summed E-state index contributed by atoms with van der Waals surface area (Å²) >= 11 is 0. The minimum absolute atomic E-state index is 0.0894. The highest BCUT2D eigenvalue weighted by atomic mass is 16.7. The van der Waals surface area contributed by atoms with Crippen LogP contribution in [-0.4, -0.2) is 125 Å². The Morgan fingerprint density at radius 1 is 0.455 bits per heavy atom. The van der Waals surface area contributed by atoms with Crippen LogP contribution in [0.1, 0.15) is 58.3 Å². The largest absolute Gasteiger partial charge is 0.470 e. The van der Waals surface area contributed by atoms with Gasteiger partial charge >= 0.3 is 0 Å². The first-order valence-electron chi connectivity index (χ1n) is 15.6. The third-order valence-corrected chi connectivity index (χ3v) is 5.70. The lowest BCUT2D eigenvalue weighted by atomic mass is 10.1. The van der Waals surface area contributed by atoms with Crippen molar-refractivity contribution in [3.63, 3.8) is 0 Å². The molecule has 3 atom stereocenters. The topological polar surface area (TPSA) is 164 Å². The van der Waals surface area contributed by atoms with Gasteiger partial charge in [-0.1, -0.05) is 51.9 Å². The van der Waals surface area contributed by atoms with Crippen LogP contribution in [0.4, 0.5) is 0 Å². The molecule has 44 heavy (non-hydrogen) atoms. The molecule has 260 valence electrons. The summed E-state index contributed by atoms with van der Waals surface area (Å²) in [7, 11) is 0. The fourth-order valence-electron chi connectivity index (χ4n) is 3.44. The molecular weight excluding hydrogens is 580 g/mol.